The van der Waals surface area contributed by atoms with Crippen LogP contribution in [0.25, 0.3) is 0 Å². The van der Waals surface area contributed by atoms with Crippen molar-refractivity contribution in [3.8, 4) is 5.75 Å². The highest BCUT2D eigenvalue weighted by atomic mass is 16.5. The van der Waals surface area contributed by atoms with Crippen molar-refractivity contribution in [2.75, 3.05) is 19.1 Å². The van der Waals surface area contributed by atoms with Crippen LogP contribution in [0, 0.1) is 0 Å². The summed E-state index contributed by atoms with van der Waals surface area (Å²) in [5, 5.41) is 9.46. The van der Waals surface area contributed by atoms with Crippen molar-refractivity contribution in [1.82, 2.24) is 4.98 Å². The quantitative estimate of drug-likeness (QED) is 0.916. The second-order valence-corrected chi connectivity index (χ2v) is 4.35. The molecular weight excluding hydrogens is 240 g/mol. The normalized spacial score (nSPS) is 12.0. The Kier molecular flexibility index (Phi) is 4.02. The third-order valence-electron chi connectivity index (χ3n) is 3.03. The maximum Gasteiger partial charge on any atom is 0.142 e. The van der Waals surface area contributed by atoms with Crippen molar-refractivity contribution in [3.63, 3.8) is 0 Å². The van der Waals surface area contributed by atoms with Gasteiger partial charge in [-0.1, -0.05) is 12.1 Å². The summed E-state index contributed by atoms with van der Waals surface area (Å²) in [6, 6.07) is 11.6. The van der Waals surface area contributed by atoms with Crippen LogP contribution in [0.15, 0.2) is 42.6 Å². The molecule has 1 N–H and O–H groups in total. The Morgan fingerprint density at radius 3 is 2.53 bits per heavy atom. The van der Waals surface area contributed by atoms with Crippen molar-refractivity contribution in [2.24, 2.45) is 0 Å². The van der Waals surface area contributed by atoms with Gasteiger partial charge >= 0.3 is 0 Å². The summed E-state index contributed by atoms with van der Waals surface area (Å²) in [6.07, 6.45) is 1.19. The number of aromatic nitrogens is 1. The number of pyridine rings is 1. The van der Waals surface area contributed by atoms with E-state index in [4.69, 9.17) is 4.74 Å². The summed E-state index contributed by atoms with van der Waals surface area (Å²) in [5.41, 5.74) is 2.57. The third-order valence-corrected chi connectivity index (χ3v) is 3.03. The van der Waals surface area contributed by atoms with Gasteiger partial charge in [0.1, 0.15) is 5.75 Å². The zero-order chi connectivity index (χ0) is 13.8. The monoisotopic (exact) mass is 258 g/mol. The van der Waals surface area contributed by atoms with Gasteiger partial charge < -0.3 is 14.7 Å². The van der Waals surface area contributed by atoms with E-state index in [9.17, 15) is 5.11 Å². The number of ether oxygens (including phenoxy) is 1. The SMILES string of the molecule is COc1ccccc1N(C)c1ccc(C(C)O)nc1. The minimum atomic E-state index is -0.550. The molecular formula is C15H18N2O2. The van der Waals surface area contributed by atoms with E-state index in [-0.39, 0.29) is 0 Å². The summed E-state index contributed by atoms with van der Waals surface area (Å²) in [6.45, 7) is 1.70. The van der Waals surface area contributed by atoms with Crippen molar-refractivity contribution >= 4 is 11.4 Å². The number of aliphatic hydroxyl groups excluding tert-OH is 1. The molecule has 0 radical (unpaired) electrons. The molecule has 0 bridgehead atoms. The van der Waals surface area contributed by atoms with E-state index in [0.717, 1.165) is 17.1 Å². The first-order chi connectivity index (χ1) is 9.13. The van der Waals surface area contributed by atoms with Gasteiger partial charge in [0.25, 0.3) is 0 Å². The Morgan fingerprint density at radius 1 is 1.21 bits per heavy atom. The van der Waals surface area contributed by atoms with Crippen LogP contribution in [-0.4, -0.2) is 24.2 Å². The average Bonchev–Trinajstić information content (AvgIpc) is 2.46. The number of benzene rings is 1. The predicted octanol–water partition coefficient (Wildman–Crippen LogP) is 2.91. The van der Waals surface area contributed by atoms with Crippen LogP contribution < -0.4 is 9.64 Å². The molecule has 1 unspecified atom stereocenters. The molecule has 0 aliphatic heterocycles. The number of hydrogen-bond acceptors (Lipinski definition) is 4. The first-order valence-electron chi connectivity index (χ1n) is 6.14. The fraction of sp³-hybridized carbons (Fsp3) is 0.267. The lowest BCUT2D eigenvalue weighted by molar-refractivity contribution is 0.194. The van der Waals surface area contributed by atoms with Crippen LogP contribution in [0.2, 0.25) is 0 Å². The number of hydrogen-bond donors (Lipinski definition) is 1. The number of methoxy groups -OCH3 is 1. The van der Waals surface area contributed by atoms with Crippen LogP contribution in [0.3, 0.4) is 0 Å². The van der Waals surface area contributed by atoms with E-state index in [2.05, 4.69) is 4.98 Å². The molecule has 19 heavy (non-hydrogen) atoms. The van der Waals surface area contributed by atoms with Gasteiger partial charge in [0.05, 0.1) is 36.5 Å². The van der Waals surface area contributed by atoms with Crippen LogP contribution in [0.4, 0.5) is 11.4 Å². The molecule has 2 aromatic rings. The van der Waals surface area contributed by atoms with E-state index in [1.807, 2.05) is 48.3 Å². The molecule has 0 aliphatic rings. The molecule has 0 fully saturated rings. The molecule has 0 spiro atoms. The van der Waals surface area contributed by atoms with E-state index in [1.165, 1.54) is 0 Å². The van der Waals surface area contributed by atoms with Crippen molar-refractivity contribution < 1.29 is 9.84 Å². The number of rotatable bonds is 4. The van der Waals surface area contributed by atoms with Gasteiger partial charge in [-0.2, -0.15) is 0 Å². The molecule has 0 amide bonds. The fourth-order valence-electron chi connectivity index (χ4n) is 1.89. The summed E-state index contributed by atoms with van der Waals surface area (Å²) in [5.74, 6) is 0.810. The Bertz CT molecular complexity index is 538. The first kappa shape index (κ1) is 13.4. The first-order valence-corrected chi connectivity index (χ1v) is 6.14. The minimum absolute atomic E-state index is 0.550. The molecule has 1 aromatic carbocycles. The second-order valence-electron chi connectivity index (χ2n) is 4.35. The summed E-state index contributed by atoms with van der Waals surface area (Å²) < 4.78 is 5.35. The second kappa shape index (κ2) is 5.71. The maximum atomic E-state index is 9.46. The largest absolute Gasteiger partial charge is 0.495 e. The van der Waals surface area contributed by atoms with Crippen LogP contribution >= 0.6 is 0 Å². The van der Waals surface area contributed by atoms with Gasteiger partial charge in [0.15, 0.2) is 0 Å². The lowest BCUT2D eigenvalue weighted by Gasteiger charge is -2.21. The number of aliphatic hydroxyl groups is 1. The van der Waals surface area contributed by atoms with Gasteiger partial charge in [0.2, 0.25) is 0 Å². The summed E-state index contributed by atoms with van der Waals surface area (Å²) in [7, 11) is 3.61. The molecule has 0 saturated carbocycles. The highest BCUT2D eigenvalue weighted by Gasteiger charge is 2.10. The van der Waals surface area contributed by atoms with Crippen molar-refractivity contribution in [3.05, 3.63) is 48.3 Å². The molecule has 0 aliphatic carbocycles. The molecule has 1 atom stereocenters. The highest BCUT2D eigenvalue weighted by molar-refractivity contribution is 5.67. The van der Waals surface area contributed by atoms with E-state index in [0.29, 0.717) is 5.69 Å². The maximum absolute atomic E-state index is 9.46. The zero-order valence-electron chi connectivity index (χ0n) is 11.4. The Morgan fingerprint density at radius 2 is 1.95 bits per heavy atom. The number of anilines is 2. The summed E-state index contributed by atoms with van der Waals surface area (Å²) >= 11 is 0. The van der Waals surface area contributed by atoms with Crippen LogP contribution in [-0.2, 0) is 0 Å². The fourth-order valence-corrected chi connectivity index (χ4v) is 1.89. The van der Waals surface area contributed by atoms with Gasteiger partial charge in [-0.3, -0.25) is 4.98 Å². The van der Waals surface area contributed by atoms with Gasteiger partial charge in [-0.05, 0) is 31.2 Å². The molecule has 4 heteroatoms. The van der Waals surface area contributed by atoms with E-state index < -0.39 is 6.10 Å². The summed E-state index contributed by atoms with van der Waals surface area (Å²) in [4.78, 5) is 6.25. The van der Waals surface area contributed by atoms with E-state index >= 15 is 0 Å². The number of nitrogens with zero attached hydrogens (tertiary/aromatic N) is 2. The lowest BCUT2D eigenvalue weighted by atomic mass is 10.2. The molecule has 4 nitrogen and oxygen atoms in total. The lowest BCUT2D eigenvalue weighted by Crippen LogP contribution is -2.11. The van der Waals surface area contributed by atoms with Gasteiger partial charge in [-0.15, -0.1) is 0 Å². The highest BCUT2D eigenvalue weighted by Crippen LogP contribution is 2.31. The molecule has 2 rings (SSSR count). The Hall–Kier alpha value is -2.07. The third kappa shape index (κ3) is 2.85. The molecule has 100 valence electrons. The average molecular weight is 258 g/mol. The zero-order valence-corrected chi connectivity index (χ0v) is 11.4. The van der Waals surface area contributed by atoms with Gasteiger partial charge in [0, 0.05) is 7.05 Å². The Labute approximate surface area is 113 Å². The van der Waals surface area contributed by atoms with E-state index in [1.54, 1.807) is 20.2 Å². The predicted molar refractivity (Wildman–Crippen MR) is 75.9 cm³/mol. The van der Waals surface area contributed by atoms with Crippen molar-refractivity contribution in [2.45, 2.75) is 13.0 Å². The topological polar surface area (TPSA) is 45.6 Å². The molecule has 1 aromatic heterocycles. The molecule has 1 heterocycles. The standard InChI is InChI=1S/C15H18N2O2/c1-11(18)13-9-8-12(10-16-13)17(2)14-6-4-5-7-15(14)19-3/h4-11,18H,1-3H3. The minimum Gasteiger partial charge on any atom is -0.495 e. The Balaban J connectivity index is 2.30. The van der Waals surface area contributed by atoms with Crippen LogP contribution in [0.1, 0.15) is 18.7 Å². The van der Waals surface area contributed by atoms with Gasteiger partial charge in [-0.25, -0.2) is 0 Å². The van der Waals surface area contributed by atoms with Crippen molar-refractivity contribution in [1.29, 1.82) is 0 Å². The smallest absolute Gasteiger partial charge is 0.142 e. The number of para-hydroxylation sites is 2. The molecule has 0 saturated heterocycles. The van der Waals surface area contributed by atoms with Crippen LogP contribution in [0.5, 0.6) is 5.75 Å².